The normalized spacial score (nSPS) is 10.8. The molecule has 0 aromatic heterocycles. The Bertz CT molecular complexity index is 480. The maximum atomic E-state index is 11.5. The molecule has 0 aliphatic carbocycles. The standard InChI is InChI=1S/C15H18ClNO3/c1-11(2)20-15(19)9-10-17-14(18)8-5-12-3-6-13(16)7-4-12/h3-8,11H,9-10H2,1-2H3,(H,17,18)/b8-5+. The van der Waals surface area contributed by atoms with E-state index in [0.29, 0.717) is 5.02 Å². The summed E-state index contributed by atoms with van der Waals surface area (Å²) in [6, 6.07) is 7.13. The second-order valence-electron chi connectivity index (χ2n) is 4.46. The van der Waals surface area contributed by atoms with Gasteiger partial charge in [-0.1, -0.05) is 23.7 Å². The zero-order valence-electron chi connectivity index (χ0n) is 11.6. The molecular weight excluding hydrogens is 278 g/mol. The van der Waals surface area contributed by atoms with Crippen LogP contribution in [-0.2, 0) is 14.3 Å². The van der Waals surface area contributed by atoms with Crippen LogP contribution in [0.1, 0.15) is 25.8 Å². The van der Waals surface area contributed by atoms with Crippen molar-refractivity contribution in [1.29, 1.82) is 0 Å². The molecule has 0 radical (unpaired) electrons. The van der Waals surface area contributed by atoms with Crippen molar-refractivity contribution in [3.8, 4) is 0 Å². The number of amides is 1. The molecule has 1 rings (SSSR count). The lowest BCUT2D eigenvalue weighted by Gasteiger charge is -2.07. The van der Waals surface area contributed by atoms with E-state index in [2.05, 4.69) is 5.32 Å². The lowest BCUT2D eigenvalue weighted by Crippen LogP contribution is -2.25. The van der Waals surface area contributed by atoms with Crippen molar-refractivity contribution in [3.05, 3.63) is 40.9 Å². The Labute approximate surface area is 123 Å². The summed E-state index contributed by atoms with van der Waals surface area (Å²) >= 11 is 5.76. The lowest BCUT2D eigenvalue weighted by atomic mass is 10.2. The van der Waals surface area contributed by atoms with Gasteiger partial charge in [0.2, 0.25) is 5.91 Å². The van der Waals surface area contributed by atoms with E-state index in [4.69, 9.17) is 16.3 Å². The van der Waals surface area contributed by atoms with Crippen molar-refractivity contribution >= 4 is 29.6 Å². The van der Waals surface area contributed by atoms with E-state index in [1.54, 1.807) is 32.1 Å². The Morgan fingerprint density at radius 1 is 1.30 bits per heavy atom. The summed E-state index contributed by atoms with van der Waals surface area (Å²) in [7, 11) is 0. The van der Waals surface area contributed by atoms with Crippen molar-refractivity contribution in [2.45, 2.75) is 26.4 Å². The minimum absolute atomic E-state index is 0.136. The van der Waals surface area contributed by atoms with Crippen LogP contribution in [0.4, 0.5) is 0 Å². The van der Waals surface area contributed by atoms with Crippen LogP contribution in [-0.4, -0.2) is 24.5 Å². The van der Waals surface area contributed by atoms with Crippen LogP contribution in [0, 0.1) is 0 Å². The van der Waals surface area contributed by atoms with Gasteiger partial charge in [0, 0.05) is 17.6 Å². The SMILES string of the molecule is CC(C)OC(=O)CCNC(=O)/C=C/c1ccc(Cl)cc1. The molecule has 5 heteroatoms. The molecule has 1 amide bonds. The first-order chi connectivity index (χ1) is 9.47. The molecule has 0 atom stereocenters. The van der Waals surface area contributed by atoms with Crippen LogP contribution < -0.4 is 5.32 Å². The van der Waals surface area contributed by atoms with E-state index < -0.39 is 0 Å². The van der Waals surface area contributed by atoms with Crippen molar-refractivity contribution in [2.75, 3.05) is 6.54 Å². The second kappa shape index (κ2) is 8.38. The Morgan fingerprint density at radius 2 is 1.95 bits per heavy atom. The minimum Gasteiger partial charge on any atom is -0.463 e. The fraction of sp³-hybridized carbons (Fsp3) is 0.333. The van der Waals surface area contributed by atoms with Gasteiger partial charge in [-0.05, 0) is 37.6 Å². The zero-order chi connectivity index (χ0) is 15.0. The van der Waals surface area contributed by atoms with Gasteiger partial charge in [0.25, 0.3) is 0 Å². The average molecular weight is 296 g/mol. The third kappa shape index (κ3) is 6.95. The second-order valence-corrected chi connectivity index (χ2v) is 4.90. The molecule has 0 heterocycles. The van der Waals surface area contributed by atoms with Gasteiger partial charge in [-0.15, -0.1) is 0 Å². The van der Waals surface area contributed by atoms with Crippen LogP contribution >= 0.6 is 11.6 Å². The van der Waals surface area contributed by atoms with Gasteiger partial charge in [-0.3, -0.25) is 9.59 Å². The number of carbonyl (C=O) groups excluding carboxylic acids is 2. The van der Waals surface area contributed by atoms with Gasteiger partial charge in [0.05, 0.1) is 12.5 Å². The number of benzene rings is 1. The number of halogens is 1. The largest absolute Gasteiger partial charge is 0.463 e. The molecule has 0 saturated heterocycles. The molecule has 1 aromatic rings. The molecule has 1 N–H and O–H groups in total. The molecule has 0 spiro atoms. The topological polar surface area (TPSA) is 55.4 Å². The van der Waals surface area contributed by atoms with Gasteiger partial charge in [-0.25, -0.2) is 0 Å². The van der Waals surface area contributed by atoms with Crippen LogP contribution in [0.15, 0.2) is 30.3 Å². The molecular formula is C15H18ClNO3. The van der Waals surface area contributed by atoms with Crippen molar-refractivity contribution in [1.82, 2.24) is 5.32 Å². The van der Waals surface area contributed by atoms with Crippen molar-refractivity contribution < 1.29 is 14.3 Å². The predicted molar refractivity (Wildman–Crippen MR) is 79.3 cm³/mol. The van der Waals surface area contributed by atoms with E-state index in [1.807, 2.05) is 12.1 Å². The number of hydrogen-bond acceptors (Lipinski definition) is 3. The van der Waals surface area contributed by atoms with E-state index in [-0.39, 0.29) is 30.9 Å². The van der Waals surface area contributed by atoms with Gasteiger partial charge >= 0.3 is 5.97 Å². The van der Waals surface area contributed by atoms with E-state index >= 15 is 0 Å². The molecule has 0 aliphatic heterocycles. The average Bonchev–Trinajstić information content (AvgIpc) is 2.37. The highest BCUT2D eigenvalue weighted by Gasteiger charge is 2.05. The molecule has 0 bridgehead atoms. The molecule has 4 nitrogen and oxygen atoms in total. The molecule has 20 heavy (non-hydrogen) atoms. The first-order valence-electron chi connectivity index (χ1n) is 6.38. The predicted octanol–water partition coefficient (Wildman–Crippen LogP) is 2.81. The molecule has 1 aromatic carbocycles. The Morgan fingerprint density at radius 3 is 2.55 bits per heavy atom. The highest BCUT2D eigenvalue weighted by Crippen LogP contribution is 2.10. The molecule has 0 fully saturated rings. The van der Waals surface area contributed by atoms with Crippen LogP contribution in [0.2, 0.25) is 5.02 Å². The summed E-state index contributed by atoms with van der Waals surface area (Å²) in [5.41, 5.74) is 0.878. The van der Waals surface area contributed by atoms with Crippen molar-refractivity contribution in [3.63, 3.8) is 0 Å². The molecule has 108 valence electrons. The van der Waals surface area contributed by atoms with Gasteiger partial charge in [0.15, 0.2) is 0 Å². The van der Waals surface area contributed by atoms with Gasteiger partial charge in [0.1, 0.15) is 0 Å². The van der Waals surface area contributed by atoms with E-state index in [9.17, 15) is 9.59 Å². The van der Waals surface area contributed by atoms with Gasteiger partial charge < -0.3 is 10.1 Å². The van der Waals surface area contributed by atoms with Crippen LogP contribution in [0.25, 0.3) is 6.08 Å². The summed E-state index contributed by atoms with van der Waals surface area (Å²) in [6.45, 7) is 3.83. The minimum atomic E-state index is -0.318. The Hall–Kier alpha value is -1.81. The number of ether oxygens (including phenoxy) is 1. The lowest BCUT2D eigenvalue weighted by molar-refractivity contribution is -0.147. The highest BCUT2D eigenvalue weighted by atomic mass is 35.5. The Kier molecular flexibility index (Phi) is 6.81. The number of hydrogen-bond donors (Lipinski definition) is 1. The summed E-state index contributed by atoms with van der Waals surface area (Å²) in [6.07, 6.45) is 3.12. The monoisotopic (exact) mass is 295 g/mol. The summed E-state index contributed by atoms with van der Waals surface area (Å²) in [5, 5.41) is 3.26. The zero-order valence-corrected chi connectivity index (χ0v) is 12.3. The van der Waals surface area contributed by atoms with E-state index in [1.165, 1.54) is 6.08 Å². The first-order valence-corrected chi connectivity index (χ1v) is 6.76. The number of rotatable bonds is 6. The fourth-order valence-corrected chi connectivity index (χ4v) is 1.54. The van der Waals surface area contributed by atoms with Crippen LogP contribution in [0.5, 0.6) is 0 Å². The van der Waals surface area contributed by atoms with E-state index in [0.717, 1.165) is 5.56 Å². The number of carbonyl (C=O) groups is 2. The summed E-state index contributed by atoms with van der Waals surface area (Å²) < 4.78 is 4.95. The quantitative estimate of drug-likeness (QED) is 0.648. The maximum absolute atomic E-state index is 11.5. The molecule has 0 saturated carbocycles. The fourth-order valence-electron chi connectivity index (χ4n) is 1.41. The Balaban J connectivity index is 2.30. The molecule has 0 aliphatic rings. The summed E-state index contributed by atoms with van der Waals surface area (Å²) in [4.78, 5) is 22.8. The summed E-state index contributed by atoms with van der Waals surface area (Å²) in [5.74, 6) is -0.570. The van der Waals surface area contributed by atoms with Gasteiger partial charge in [-0.2, -0.15) is 0 Å². The smallest absolute Gasteiger partial charge is 0.307 e. The number of nitrogens with one attached hydrogen (secondary N) is 1. The first kappa shape index (κ1) is 16.2. The highest BCUT2D eigenvalue weighted by molar-refractivity contribution is 6.30. The third-order valence-corrected chi connectivity index (χ3v) is 2.54. The molecule has 0 unspecified atom stereocenters. The third-order valence-electron chi connectivity index (χ3n) is 2.29. The van der Waals surface area contributed by atoms with Crippen molar-refractivity contribution in [2.24, 2.45) is 0 Å². The van der Waals surface area contributed by atoms with Crippen LogP contribution in [0.3, 0.4) is 0 Å². The number of esters is 1. The maximum Gasteiger partial charge on any atom is 0.307 e.